The third-order valence-corrected chi connectivity index (χ3v) is 5.75. The van der Waals surface area contributed by atoms with Crippen LogP contribution >= 0.6 is 11.8 Å². The molecule has 0 aliphatic rings. The smallest absolute Gasteiger partial charge is 0.346 e. The molecule has 4 rings (SSSR count). The third-order valence-electron chi connectivity index (χ3n) is 4.91. The first kappa shape index (κ1) is 27.3. The normalized spacial score (nSPS) is 10.4. The second-order valence-corrected chi connectivity index (χ2v) is 8.31. The highest BCUT2D eigenvalue weighted by Crippen LogP contribution is 2.36. The molecule has 39 heavy (non-hydrogen) atoms. The Labute approximate surface area is 228 Å². The number of hydrogen-bond donors (Lipinski definition) is 0. The van der Waals surface area contributed by atoms with Gasteiger partial charge in [0.15, 0.2) is 0 Å². The number of benzene rings is 2. The van der Waals surface area contributed by atoms with Crippen molar-refractivity contribution >= 4 is 17.7 Å². The molecule has 2 heterocycles. The van der Waals surface area contributed by atoms with Crippen molar-refractivity contribution in [3.63, 3.8) is 0 Å². The fraction of sp³-hybridized carbons (Fsp3) is 0.192. The molecule has 202 valence electrons. The van der Waals surface area contributed by atoms with Crippen LogP contribution in [0.4, 0.5) is 0 Å². The summed E-state index contributed by atoms with van der Waals surface area (Å²) >= 11 is 1.34. The van der Waals surface area contributed by atoms with E-state index in [-0.39, 0.29) is 58.5 Å². The first-order valence-electron chi connectivity index (χ1n) is 11.3. The Kier molecular flexibility index (Phi) is 9.19. The molecule has 0 bridgehead atoms. The molecule has 0 fully saturated rings. The van der Waals surface area contributed by atoms with Crippen molar-refractivity contribution in [3.8, 4) is 47.0 Å². The fourth-order valence-corrected chi connectivity index (χ4v) is 3.75. The van der Waals surface area contributed by atoms with E-state index in [0.717, 1.165) is 4.90 Å². The Morgan fingerprint density at radius 3 is 1.56 bits per heavy atom. The maximum atomic E-state index is 13.4. The average Bonchev–Trinajstić information content (AvgIpc) is 2.97. The van der Waals surface area contributed by atoms with E-state index in [1.165, 1.54) is 64.5 Å². The van der Waals surface area contributed by atoms with E-state index in [0.29, 0.717) is 0 Å². The number of carbonyl (C=O) groups excluding carboxylic acids is 1. The quantitative estimate of drug-likeness (QED) is 0.136. The highest BCUT2D eigenvalue weighted by molar-refractivity contribution is 7.99. The van der Waals surface area contributed by atoms with Crippen LogP contribution in [0.5, 0.6) is 47.0 Å². The van der Waals surface area contributed by atoms with Crippen LogP contribution in [-0.2, 0) is 4.74 Å². The minimum atomic E-state index is -0.728. The van der Waals surface area contributed by atoms with Crippen LogP contribution in [0.3, 0.4) is 0 Å². The Morgan fingerprint density at radius 2 is 1.13 bits per heavy atom. The Balaban J connectivity index is 1.68. The van der Waals surface area contributed by atoms with Crippen molar-refractivity contribution in [1.82, 2.24) is 19.9 Å². The average molecular weight is 553 g/mol. The number of aromatic nitrogens is 4. The summed E-state index contributed by atoms with van der Waals surface area (Å²) in [6.45, 7) is 0. The molecule has 2 aromatic carbocycles. The van der Waals surface area contributed by atoms with E-state index in [2.05, 4.69) is 19.9 Å². The van der Waals surface area contributed by atoms with Gasteiger partial charge in [-0.2, -0.15) is 19.9 Å². The van der Waals surface area contributed by atoms with E-state index >= 15 is 0 Å². The van der Waals surface area contributed by atoms with Crippen LogP contribution < -0.4 is 28.4 Å². The molecule has 0 spiro atoms. The van der Waals surface area contributed by atoms with Crippen molar-refractivity contribution in [2.24, 2.45) is 0 Å². The van der Waals surface area contributed by atoms with Gasteiger partial charge in [0.2, 0.25) is 23.5 Å². The number of hydrogen-bond acceptors (Lipinski definition) is 13. The topological polar surface area (TPSA) is 133 Å². The number of methoxy groups -OCH3 is 4. The predicted molar refractivity (Wildman–Crippen MR) is 139 cm³/mol. The lowest BCUT2D eigenvalue weighted by atomic mass is 10.2. The van der Waals surface area contributed by atoms with Crippen molar-refractivity contribution in [2.75, 3.05) is 34.4 Å². The summed E-state index contributed by atoms with van der Waals surface area (Å²) in [4.78, 5) is 31.0. The lowest BCUT2D eigenvalue weighted by Gasteiger charge is -2.15. The molecule has 0 aliphatic carbocycles. The molecule has 0 saturated carbocycles. The molecule has 0 N–H and O–H groups in total. The first-order chi connectivity index (χ1) is 19.0. The number of ether oxygens (including phenoxy) is 7. The summed E-state index contributed by atoms with van der Waals surface area (Å²) in [6.07, 6.45) is 0. The molecule has 4 aromatic rings. The zero-order valence-electron chi connectivity index (χ0n) is 21.4. The summed E-state index contributed by atoms with van der Waals surface area (Å²) in [7, 11) is 5.76. The molecule has 0 saturated heterocycles. The van der Waals surface area contributed by atoms with Gasteiger partial charge in [0.1, 0.15) is 23.0 Å². The maximum Gasteiger partial charge on any atom is 0.346 e. The van der Waals surface area contributed by atoms with Crippen LogP contribution in [0.25, 0.3) is 0 Å². The fourth-order valence-electron chi connectivity index (χ4n) is 3.10. The molecule has 0 atom stereocenters. The van der Waals surface area contributed by atoms with Crippen molar-refractivity contribution in [1.29, 1.82) is 0 Å². The Hall–Kier alpha value is -4.78. The van der Waals surface area contributed by atoms with E-state index in [1.807, 2.05) is 30.3 Å². The Morgan fingerprint density at radius 1 is 0.667 bits per heavy atom. The van der Waals surface area contributed by atoms with Gasteiger partial charge in [0.25, 0.3) is 0 Å². The van der Waals surface area contributed by atoms with Gasteiger partial charge in [-0.05, 0) is 24.3 Å². The van der Waals surface area contributed by atoms with Gasteiger partial charge in [0.05, 0.1) is 40.6 Å². The number of thioether (sulfide) groups is 1. The zero-order valence-corrected chi connectivity index (χ0v) is 22.3. The Bertz CT molecular complexity index is 1300. The second kappa shape index (κ2) is 13.1. The van der Waals surface area contributed by atoms with Gasteiger partial charge in [-0.3, -0.25) is 0 Å². The molecular weight excluding hydrogens is 528 g/mol. The largest absolute Gasteiger partial charge is 0.481 e. The van der Waals surface area contributed by atoms with Gasteiger partial charge < -0.3 is 33.2 Å². The van der Waals surface area contributed by atoms with E-state index in [4.69, 9.17) is 33.2 Å². The van der Waals surface area contributed by atoms with Crippen molar-refractivity contribution in [2.45, 2.75) is 4.90 Å². The predicted octanol–water partition coefficient (Wildman–Crippen LogP) is 4.79. The number of esters is 1. The highest BCUT2D eigenvalue weighted by Gasteiger charge is 2.24. The molecule has 12 nitrogen and oxygen atoms in total. The molecule has 0 unspecified atom stereocenters. The van der Waals surface area contributed by atoms with Gasteiger partial charge in [-0.1, -0.05) is 36.0 Å². The van der Waals surface area contributed by atoms with Crippen LogP contribution in [0.1, 0.15) is 10.4 Å². The first-order valence-corrected chi connectivity index (χ1v) is 12.3. The minimum absolute atomic E-state index is 0.0313. The summed E-state index contributed by atoms with van der Waals surface area (Å²) < 4.78 is 38.1. The number of carbonyl (C=O) groups is 1. The number of rotatable bonds is 12. The van der Waals surface area contributed by atoms with Gasteiger partial charge in [-0.25, -0.2) is 4.79 Å². The van der Waals surface area contributed by atoms with Crippen molar-refractivity contribution < 1.29 is 38.0 Å². The van der Waals surface area contributed by atoms with Crippen molar-refractivity contribution in [3.05, 3.63) is 66.2 Å². The summed E-state index contributed by atoms with van der Waals surface area (Å²) in [5.41, 5.74) is -0.0538. The molecular formula is C26H24N4O8S. The number of nitrogens with zero attached hydrogens (tertiary/aromatic N) is 4. The van der Waals surface area contributed by atoms with E-state index in [1.54, 1.807) is 6.07 Å². The van der Waals surface area contributed by atoms with Crippen LogP contribution in [-0.4, -0.2) is 60.3 Å². The van der Waals surface area contributed by atoms with Gasteiger partial charge >= 0.3 is 18.0 Å². The molecule has 0 amide bonds. The summed E-state index contributed by atoms with van der Waals surface area (Å²) in [5.74, 6) is 0.195. The van der Waals surface area contributed by atoms with Gasteiger partial charge in [-0.15, -0.1) is 0 Å². The molecule has 2 aromatic heterocycles. The van der Waals surface area contributed by atoms with E-state index in [9.17, 15) is 4.79 Å². The minimum Gasteiger partial charge on any atom is -0.481 e. The van der Waals surface area contributed by atoms with E-state index < -0.39 is 5.97 Å². The zero-order chi connectivity index (χ0) is 27.6. The second-order valence-electron chi connectivity index (χ2n) is 7.31. The molecule has 0 radical (unpaired) electrons. The monoisotopic (exact) mass is 552 g/mol. The third kappa shape index (κ3) is 7.17. The molecule has 13 heteroatoms. The van der Waals surface area contributed by atoms with Crippen LogP contribution in [0, 0.1) is 0 Å². The molecule has 0 aliphatic heterocycles. The summed E-state index contributed by atoms with van der Waals surface area (Å²) in [6, 6.07) is 16.9. The van der Waals surface area contributed by atoms with Gasteiger partial charge in [0, 0.05) is 4.90 Å². The highest BCUT2D eigenvalue weighted by atomic mass is 32.2. The van der Waals surface area contributed by atoms with Crippen LogP contribution in [0.15, 0.2) is 65.6 Å². The van der Waals surface area contributed by atoms with Crippen LogP contribution in [0.2, 0.25) is 0 Å². The standard InChI is InChI=1S/C26H24N4O8S/c1-32-19-13-20(33-2)28-25(27-19)37-17-11-8-12-18(38-26-29-21(34-3)14-22(30-26)35-4)23(17)24(31)36-15-39-16-9-6-5-7-10-16/h5-14H,15H2,1-4H3. The lowest BCUT2D eigenvalue weighted by molar-refractivity contribution is 0.0573. The summed E-state index contributed by atoms with van der Waals surface area (Å²) in [5, 5.41) is 0. The SMILES string of the molecule is COc1cc(OC)nc(Oc2cccc(Oc3nc(OC)cc(OC)n3)c2C(=O)OCSc2ccccc2)n1. The lowest BCUT2D eigenvalue weighted by Crippen LogP contribution is -2.10. The maximum absolute atomic E-state index is 13.4.